The third kappa shape index (κ3) is 2.99. The first-order chi connectivity index (χ1) is 8.83. The zero-order valence-electron chi connectivity index (χ0n) is 11.4. The molecule has 0 aromatic carbocycles. The summed E-state index contributed by atoms with van der Waals surface area (Å²) in [6, 6.07) is 0.587. The summed E-state index contributed by atoms with van der Waals surface area (Å²) in [6.07, 6.45) is 12.4. The van der Waals surface area contributed by atoms with Crippen LogP contribution in [0.2, 0.25) is 0 Å². The molecule has 3 aliphatic rings. The molecule has 0 spiro atoms. The second-order valence-corrected chi connectivity index (χ2v) is 6.56. The van der Waals surface area contributed by atoms with Gasteiger partial charge in [-0.2, -0.15) is 0 Å². The Bertz CT molecular complexity index is 303. The Morgan fingerprint density at radius 1 is 1.06 bits per heavy atom. The molecule has 102 valence electrons. The predicted octanol–water partition coefficient (Wildman–Crippen LogP) is 2.66. The number of guanidine groups is 1. The Morgan fingerprint density at radius 2 is 1.83 bits per heavy atom. The van der Waals surface area contributed by atoms with E-state index in [1.807, 2.05) is 0 Å². The van der Waals surface area contributed by atoms with E-state index in [1.165, 1.54) is 57.8 Å². The van der Waals surface area contributed by atoms with Crippen LogP contribution in [0.4, 0.5) is 0 Å². The Hall–Kier alpha value is -0.730. The lowest BCUT2D eigenvalue weighted by Gasteiger charge is -2.25. The molecular weight excluding hydrogens is 222 g/mol. The molecular formula is C15H27N3. The van der Waals surface area contributed by atoms with Crippen LogP contribution < -0.4 is 11.1 Å². The molecule has 3 fully saturated rings. The standard InChI is InChI=1S/C15H27N3/c16-15(18-13-7-2-1-3-8-13)17-10-12-9-14(12)11-5-4-6-11/h11-14H,1-10H2,(H3,16,17,18)/t12-,14-/m0/s1. The summed E-state index contributed by atoms with van der Waals surface area (Å²) in [5.74, 6) is 3.57. The van der Waals surface area contributed by atoms with Crippen molar-refractivity contribution in [3.05, 3.63) is 0 Å². The highest BCUT2D eigenvalue weighted by atomic mass is 15.1. The van der Waals surface area contributed by atoms with Crippen LogP contribution in [-0.2, 0) is 0 Å². The zero-order chi connectivity index (χ0) is 12.4. The second kappa shape index (κ2) is 5.50. The smallest absolute Gasteiger partial charge is 0.188 e. The van der Waals surface area contributed by atoms with Crippen molar-refractivity contribution in [3.8, 4) is 0 Å². The van der Waals surface area contributed by atoms with Crippen LogP contribution in [0.5, 0.6) is 0 Å². The van der Waals surface area contributed by atoms with Crippen LogP contribution in [0.15, 0.2) is 4.99 Å². The minimum Gasteiger partial charge on any atom is -0.370 e. The summed E-state index contributed by atoms with van der Waals surface area (Å²) >= 11 is 0. The Morgan fingerprint density at radius 3 is 2.50 bits per heavy atom. The van der Waals surface area contributed by atoms with Gasteiger partial charge in [-0.15, -0.1) is 0 Å². The summed E-state index contributed by atoms with van der Waals surface area (Å²) in [7, 11) is 0. The van der Waals surface area contributed by atoms with Gasteiger partial charge in [0.05, 0.1) is 0 Å². The molecule has 0 amide bonds. The van der Waals surface area contributed by atoms with Gasteiger partial charge in [-0.25, -0.2) is 0 Å². The maximum atomic E-state index is 5.99. The minimum absolute atomic E-state index is 0.587. The molecule has 0 aromatic heterocycles. The van der Waals surface area contributed by atoms with E-state index in [0.717, 1.165) is 24.3 Å². The number of nitrogens with zero attached hydrogens (tertiary/aromatic N) is 1. The Balaban J connectivity index is 1.36. The van der Waals surface area contributed by atoms with Crippen LogP contribution in [0.1, 0.15) is 57.8 Å². The van der Waals surface area contributed by atoms with E-state index in [2.05, 4.69) is 10.3 Å². The second-order valence-electron chi connectivity index (χ2n) is 6.56. The molecule has 0 bridgehead atoms. The monoisotopic (exact) mass is 249 g/mol. The number of nitrogens with two attached hydrogens (primary N) is 1. The molecule has 0 radical (unpaired) electrons. The molecule has 0 aliphatic heterocycles. The lowest BCUT2D eigenvalue weighted by atomic mass is 9.81. The minimum atomic E-state index is 0.587. The first-order valence-corrected chi connectivity index (χ1v) is 7.89. The van der Waals surface area contributed by atoms with Gasteiger partial charge in [-0.3, -0.25) is 4.99 Å². The van der Waals surface area contributed by atoms with Crippen molar-refractivity contribution in [2.45, 2.75) is 63.8 Å². The number of rotatable bonds is 4. The number of hydrogen-bond donors (Lipinski definition) is 2. The van der Waals surface area contributed by atoms with Crippen LogP contribution in [0, 0.1) is 17.8 Å². The average Bonchev–Trinajstić information content (AvgIpc) is 3.05. The summed E-state index contributed by atoms with van der Waals surface area (Å²) in [4.78, 5) is 4.55. The summed E-state index contributed by atoms with van der Waals surface area (Å²) in [5.41, 5.74) is 5.99. The van der Waals surface area contributed by atoms with E-state index in [9.17, 15) is 0 Å². The van der Waals surface area contributed by atoms with Crippen molar-refractivity contribution in [3.63, 3.8) is 0 Å². The van der Waals surface area contributed by atoms with Gasteiger partial charge in [-0.1, -0.05) is 38.5 Å². The fraction of sp³-hybridized carbons (Fsp3) is 0.933. The van der Waals surface area contributed by atoms with E-state index in [1.54, 1.807) is 0 Å². The normalized spacial score (nSPS) is 34.1. The third-order valence-electron chi connectivity index (χ3n) is 5.19. The van der Waals surface area contributed by atoms with Crippen molar-refractivity contribution >= 4 is 5.96 Å². The fourth-order valence-corrected chi connectivity index (χ4v) is 3.64. The molecule has 0 aromatic rings. The molecule has 3 heteroatoms. The lowest BCUT2D eigenvalue weighted by Crippen LogP contribution is -2.41. The maximum Gasteiger partial charge on any atom is 0.188 e. The van der Waals surface area contributed by atoms with Gasteiger partial charge in [0.2, 0.25) is 0 Å². The van der Waals surface area contributed by atoms with Crippen molar-refractivity contribution in [2.75, 3.05) is 6.54 Å². The van der Waals surface area contributed by atoms with Gasteiger partial charge < -0.3 is 11.1 Å². The predicted molar refractivity (Wildman–Crippen MR) is 75.4 cm³/mol. The molecule has 3 nitrogen and oxygen atoms in total. The largest absolute Gasteiger partial charge is 0.370 e. The summed E-state index contributed by atoms with van der Waals surface area (Å²) < 4.78 is 0. The van der Waals surface area contributed by atoms with E-state index in [0.29, 0.717) is 12.0 Å². The quantitative estimate of drug-likeness (QED) is 0.594. The van der Waals surface area contributed by atoms with Gasteiger partial charge >= 0.3 is 0 Å². The first-order valence-electron chi connectivity index (χ1n) is 7.89. The highest BCUT2D eigenvalue weighted by Gasteiger charge is 2.44. The number of nitrogens with one attached hydrogen (secondary N) is 1. The number of hydrogen-bond acceptors (Lipinski definition) is 1. The van der Waals surface area contributed by atoms with Gasteiger partial charge in [0.15, 0.2) is 5.96 Å². The Kier molecular flexibility index (Phi) is 3.76. The van der Waals surface area contributed by atoms with Gasteiger partial charge in [-0.05, 0) is 37.0 Å². The highest BCUT2D eigenvalue weighted by molar-refractivity contribution is 5.78. The van der Waals surface area contributed by atoms with Crippen LogP contribution in [0.25, 0.3) is 0 Å². The molecule has 0 unspecified atom stereocenters. The fourth-order valence-electron chi connectivity index (χ4n) is 3.64. The average molecular weight is 249 g/mol. The maximum absolute atomic E-state index is 5.99. The molecule has 0 heterocycles. The Labute approximate surface area is 111 Å². The van der Waals surface area contributed by atoms with E-state index < -0.39 is 0 Å². The molecule has 3 aliphatic carbocycles. The topological polar surface area (TPSA) is 50.4 Å². The van der Waals surface area contributed by atoms with Crippen LogP contribution in [-0.4, -0.2) is 18.5 Å². The van der Waals surface area contributed by atoms with Crippen LogP contribution >= 0.6 is 0 Å². The molecule has 18 heavy (non-hydrogen) atoms. The van der Waals surface area contributed by atoms with Gasteiger partial charge in [0.25, 0.3) is 0 Å². The molecule has 3 rings (SSSR count). The van der Waals surface area contributed by atoms with Gasteiger partial charge in [0, 0.05) is 12.6 Å². The van der Waals surface area contributed by atoms with E-state index >= 15 is 0 Å². The molecule has 3 saturated carbocycles. The van der Waals surface area contributed by atoms with Gasteiger partial charge in [0.1, 0.15) is 0 Å². The van der Waals surface area contributed by atoms with E-state index in [4.69, 9.17) is 5.73 Å². The molecule has 3 N–H and O–H groups in total. The molecule has 2 atom stereocenters. The van der Waals surface area contributed by atoms with E-state index in [-0.39, 0.29) is 0 Å². The van der Waals surface area contributed by atoms with Crippen molar-refractivity contribution in [1.82, 2.24) is 5.32 Å². The zero-order valence-corrected chi connectivity index (χ0v) is 11.4. The van der Waals surface area contributed by atoms with Crippen molar-refractivity contribution < 1.29 is 0 Å². The van der Waals surface area contributed by atoms with Crippen molar-refractivity contribution in [1.29, 1.82) is 0 Å². The third-order valence-corrected chi connectivity index (χ3v) is 5.19. The molecule has 0 saturated heterocycles. The first kappa shape index (κ1) is 12.3. The lowest BCUT2D eigenvalue weighted by molar-refractivity contribution is 0.266. The summed E-state index contributed by atoms with van der Waals surface area (Å²) in [6.45, 7) is 0.965. The SMILES string of the molecule is NC(=NC[C@@H]1C[C@H]1C1CCC1)NC1CCCCC1. The highest BCUT2D eigenvalue weighted by Crippen LogP contribution is 2.51. The summed E-state index contributed by atoms with van der Waals surface area (Å²) in [5, 5.41) is 3.40. The van der Waals surface area contributed by atoms with Crippen molar-refractivity contribution in [2.24, 2.45) is 28.5 Å². The number of aliphatic imine (C=N–C) groups is 1. The van der Waals surface area contributed by atoms with Crippen LogP contribution in [0.3, 0.4) is 0 Å².